The third kappa shape index (κ3) is 3.36. The minimum atomic E-state index is -4.38. The standard InChI is InChI=1S/C16H17F3N2/c1-11-4-3-5-13(8-11)21(2)14-6-7-15(16(17,18)19)12(9-14)10-20/h3-9H,10,20H2,1-2H3. The Morgan fingerprint density at radius 1 is 1.05 bits per heavy atom. The quantitative estimate of drug-likeness (QED) is 0.917. The fourth-order valence-electron chi connectivity index (χ4n) is 2.22. The highest BCUT2D eigenvalue weighted by atomic mass is 19.4. The van der Waals surface area contributed by atoms with Crippen LogP contribution in [0, 0.1) is 6.92 Å². The molecule has 0 aliphatic heterocycles. The molecule has 0 amide bonds. The molecule has 0 aliphatic carbocycles. The zero-order valence-electron chi connectivity index (χ0n) is 11.9. The zero-order chi connectivity index (χ0) is 15.6. The first-order chi connectivity index (χ1) is 9.82. The molecular formula is C16H17F3N2. The van der Waals surface area contributed by atoms with Crippen molar-refractivity contribution in [2.24, 2.45) is 5.73 Å². The van der Waals surface area contributed by atoms with Crippen LogP contribution in [0.25, 0.3) is 0 Å². The molecular weight excluding hydrogens is 277 g/mol. The van der Waals surface area contributed by atoms with Crippen molar-refractivity contribution < 1.29 is 13.2 Å². The Morgan fingerprint density at radius 2 is 1.71 bits per heavy atom. The molecule has 0 fully saturated rings. The van der Waals surface area contributed by atoms with Crippen LogP contribution in [-0.4, -0.2) is 7.05 Å². The lowest BCUT2D eigenvalue weighted by Gasteiger charge is -2.22. The first-order valence-corrected chi connectivity index (χ1v) is 6.53. The van der Waals surface area contributed by atoms with Crippen molar-refractivity contribution in [3.05, 3.63) is 59.2 Å². The molecule has 0 bridgehead atoms. The number of aryl methyl sites for hydroxylation is 1. The number of nitrogens with two attached hydrogens (primary N) is 1. The molecule has 5 heteroatoms. The average molecular weight is 294 g/mol. The van der Waals surface area contributed by atoms with Crippen LogP contribution in [0.3, 0.4) is 0 Å². The van der Waals surface area contributed by atoms with Crippen LogP contribution < -0.4 is 10.6 Å². The molecule has 0 saturated carbocycles. The number of anilines is 2. The van der Waals surface area contributed by atoms with Crippen LogP contribution in [0.15, 0.2) is 42.5 Å². The average Bonchev–Trinajstić information content (AvgIpc) is 2.44. The van der Waals surface area contributed by atoms with Gasteiger partial charge in [-0.05, 0) is 48.4 Å². The van der Waals surface area contributed by atoms with Gasteiger partial charge >= 0.3 is 6.18 Å². The van der Waals surface area contributed by atoms with Crippen LogP contribution in [-0.2, 0) is 12.7 Å². The van der Waals surface area contributed by atoms with Gasteiger partial charge in [0, 0.05) is 25.0 Å². The second-order valence-electron chi connectivity index (χ2n) is 4.94. The summed E-state index contributed by atoms with van der Waals surface area (Å²) in [7, 11) is 1.82. The molecule has 0 spiro atoms. The molecule has 2 N–H and O–H groups in total. The van der Waals surface area contributed by atoms with E-state index in [1.165, 1.54) is 12.1 Å². The number of alkyl halides is 3. The van der Waals surface area contributed by atoms with Crippen molar-refractivity contribution >= 4 is 11.4 Å². The maximum Gasteiger partial charge on any atom is 0.416 e. The van der Waals surface area contributed by atoms with Crippen LogP contribution in [0.5, 0.6) is 0 Å². The highest BCUT2D eigenvalue weighted by molar-refractivity contribution is 5.64. The van der Waals surface area contributed by atoms with E-state index in [1.807, 2.05) is 43.1 Å². The largest absolute Gasteiger partial charge is 0.416 e. The van der Waals surface area contributed by atoms with Crippen LogP contribution in [0.2, 0.25) is 0 Å². The van der Waals surface area contributed by atoms with Gasteiger partial charge in [0.25, 0.3) is 0 Å². The monoisotopic (exact) mass is 294 g/mol. The van der Waals surface area contributed by atoms with Crippen molar-refractivity contribution in [1.29, 1.82) is 0 Å². The summed E-state index contributed by atoms with van der Waals surface area (Å²) < 4.78 is 38.6. The Labute approximate surface area is 122 Å². The van der Waals surface area contributed by atoms with E-state index in [2.05, 4.69) is 0 Å². The fraction of sp³-hybridized carbons (Fsp3) is 0.250. The number of hydrogen-bond acceptors (Lipinski definition) is 2. The molecule has 0 saturated heterocycles. The normalized spacial score (nSPS) is 11.5. The van der Waals surface area contributed by atoms with Crippen LogP contribution in [0.4, 0.5) is 24.5 Å². The maximum atomic E-state index is 12.9. The van der Waals surface area contributed by atoms with E-state index in [-0.39, 0.29) is 12.1 Å². The smallest absolute Gasteiger partial charge is 0.345 e. The summed E-state index contributed by atoms with van der Waals surface area (Å²) in [5, 5.41) is 0. The van der Waals surface area contributed by atoms with Gasteiger partial charge in [-0.1, -0.05) is 12.1 Å². The summed E-state index contributed by atoms with van der Waals surface area (Å²) in [5.74, 6) is 0. The fourth-order valence-corrected chi connectivity index (χ4v) is 2.22. The van der Waals surface area contributed by atoms with Gasteiger partial charge in [0.2, 0.25) is 0 Å². The van der Waals surface area contributed by atoms with Gasteiger partial charge in [0.05, 0.1) is 5.56 Å². The minimum absolute atomic E-state index is 0.0968. The molecule has 2 rings (SSSR count). The van der Waals surface area contributed by atoms with Gasteiger partial charge in [-0.3, -0.25) is 0 Å². The van der Waals surface area contributed by atoms with E-state index in [0.29, 0.717) is 5.69 Å². The Morgan fingerprint density at radius 3 is 2.29 bits per heavy atom. The summed E-state index contributed by atoms with van der Waals surface area (Å²) in [6, 6.07) is 11.8. The maximum absolute atomic E-state index is 12.9. The Balaban J connectivity index is 2.41. The van der Waals surface area contributed by atoms with E-state index >= 15 is 0 Å². The van der Waals surface area contributed by atoms with E-state index in [1.54, 1.807) is 0 Å². The molecule has 112 valence electrons. The Kier molecular flexibility index (Phi) is 4.23. The lowest BCUT2D eigenvalue weighted by molar-refractivity contribution is -0.138. The van der Waals surface area contributed by atoms with E-state index in [4.69, 9.17) is 5.73 Å². The number of rotatable bonds is 3. The topological polar surface area (TPSA) is 29.3 Å². The molecule has 0 unspecified atom stereocenters. The molecule has 2 aromatic rings. The molecule has 21 heavy (non-hydrogen) atoms. The SMILES string of the molecule is Cc1cccc(N(C)c2ccc(C(F)(F)F)c(CN)c2)c1. The lowest BCUT2D eigenvalue weighted by atomic mass is 10.1. The number of nitrogens with zero attached hydrogens (tertiary/aromatic N) is 1. The second-order valence-corrected chi connectivity index (χ2v) is 4.94. The van der Waals surface area contributed by atoms with Gasteiger partial charge in [-0.2, -0.15) is 13.2 Å². The predicted octanol–water partition coefficient (Wildman–Crippen LogP) is 4.24. The van der Waals surface area contributed by atoms with Crippen LogP contribution in [0.1, 0.15) is 16.7 Å². The summed E-state index contributed by atoms with van der Waals surface area (Å²) >= 11 is 0. The van der Waals surface area contributed by atoms with Gasteiger partial charge in [-0.15, -0.1) is 0 Å². The van der Waals surface area contributed by atoms with Crippen molar-refractivity contribution in [1.82, 2.24) is 0 Å². The van der Waals surface area contributed by atoms with Gasteiger partial charge in [0.1, 0.15) is 0 Å². The van der Waals surface area contributed by atoms with Gasteiger partial charge < -0.3 is 10.6 Å². The Hall–Kier alpha value is -2.01. The third-order valence-electron chi connectivity index (χ3n) is 3.39. The zero-order valence-corrected chi connectivity index (χ0v) is 11.9. The van der Waals surface area contributed by atoms with Crippen molar-refractivity contribution in [2.45, 2.75) is 19.6 Å². The van der Waals surface area contributed by atoms with E-state index in [9.17, 15) is 13.2 Å². The molecule has 0 aromatic heterocycles. The van der Waals surface area contributed by atoms with Crippen LogP contribution >= 0.6 is 0 Å². The highest BCUT2D eigenvalue weighted by Crippen LogP contribution is 2.35. The first kappa shape index (κ1) is 15.4. The second kappa shape index (κ2) is 5.77. The lowest BCUT2D eigenvalue weighted by Crippen LogP contribution is -2.15. The summed E-state index contributed by atoms with van der Waals surface area (Å²) in [5.41, 5.74) is 7.56. The minimum Gasteiger partial charge on any atom is -0.345 e. The number of hydrogen-bond donors (Lipinski definition) is 1. The Bertz CT molecular complexity index is 636. The van der Waals surface area contributed by atoms with E-state index in [0.717, 1.165) is 17.3 Å². The molecule has 2 aromatic carbocycles. The molecule has 0 radical (unpaired) electrons. The molecule has 0 atom stereocenters. The van der Waals surface area contributed by atoms with Gasteiger partial charge in [0.15, 0.2) is 0 Å². The van der Waals surface area contributed by atoms with Crippen molar-refractivity contribution in [3.8, 4) is 0 Å². The number of benzene rings is 2. The summed E-state index contributed by atoms with van der Waals surface area (Å²) in [6.45, 7) is 1.82. The van der Waals surface area contributed by atoms with Crippen molar-refractivity contribution in [2.75, 3.05) is 11.9 Å². The predicted molar refractivity (Wildman–Crippen MR) is 78.6 cm³/mol. The highest BCUT2D eigenvalue weighted by Gasteiger charge is 2.33. The summed E-state index contributed by atoms with van der Waals surface area (Å²) in [6.07, 6.45) is -4.38. The molecule has 2 nitrogen and oxygen atoms in total. The third-order valence-corrected chi connectivity index (χ3v) is 3.39. The van der Waals surface area contributed by atoms with Gasteiger partial charge in [-0.25, -0.2) is 0 Å². The molecule has 0 heterocycles. The number of halogens is 3. The van der Waals surface area contributed by atoms with E-state index < -0.39 is 11.7 Å². The van der Waals surface area contributed by atoms with Crippen molar-refractivity contribution in [3.63, 3.8) is 0 Å². The molecule has 0 aliphatic rings. The first-order valence-electron chi connectivity index (χ1n) is 6.53. The summed E-state index contributed by atoms with van der Waals surface area (Å²) in [4.78, 5) is 1.84.